The van der Waals surface area contributed by atoms with Crippen LogP contribution in [0.25, 0.3) is 0 Å². The summed E-state index contributed by atoms with van der Waals surface area (Å²) >= 11 is 0. The van der Waals surface area contributed by atoms with Gasteiger partial charge >= 0.3 is 0 Å². The second-order valence-corrected chi connectivity index (χ2v) is 5.26. The van der Waals surface area contributed by atoms with E-state index in [9.17, 15) is 4.79 Å². The molecule has 0 heterocycles. The number of nitrogens with one attached hydrogen (secondary N) is 2. The molecule has 0 spiro atoms. The van der Waals surface area contributed by atoms with Crippen molar-refractivity contribution >= 4 is 11.6 Å². The lowest BCUT2D eigenvalue weighted by molar-refractivity contribution is 0.0923. The zero-order chi connectivity index (χ0) is 13.0. The molecule has 3 nitrogen and oxygen atoms in total. The van der Waals surface area contributed by atoms with Gasteiger partial charge in [0.05, 0.1) is 0 Å². The van der Waals surface area contributed by atoms with Crippen LogP contribution in [0.4, 0.5) is 5.69 Å². The molecule has 0 aliphatic heterocycles. The molecular weight excluding hydrogens is 224 g/mol. The second-order valence-electron chi connectivity index (χ2n) is 5.26. The van der Waals surface area contributed by atoms with Crippen LogP contribution in [0, 0.1) is 5.92 Å². The number of carbonyl (C=O) groups is 1. The minimum atomic E-state index is 0.0478. The molecule has 0 atom stereocenters. The fourth-order valence-corrected chi connectivity index (χ4v) is 2.49. The average molecular weight is 246 g/mol. The van der Waals surface area contributed by atoms with Crippen LogP contribution in [-0.2, 0) is 0 Å². The van der Waals surface area contributed by atoms with E-state index < -0.39 is 0 Å². The van der Waals surface area contributed by atoms with E-state index in [-0.39, 0.29) is 5.91 Å². The zero-order valence-corrected chi connectivity index (χ0v) is 11.2. The maximum Gasteiger partial charge on any atom is 0.251 e. The molecule has 1 aromatic rings. The maximum absolute atomic E-state index is 12.1. The predicted molar refractivity (Wildman–Crippen MR) is 74.9 cm³/mol. The van der Waals surface area contributed by atoms with E-state index in [0.717, 1.165) is 30.0 Å². The molecule has 0 aromatic heterocycles. The van der Waals surface area contributed by atoms with Gasteiger partial charge in [-0.1, -0.05) is 13.0 Å². The van der Waals surface area contributed by atoms with Crippen LogP contribution in [0.3, 0.4) is 0 Å². The summed E-state index contributed by atoms with van der Waals surface area (Å²) in [6, 6.07) is 7.97. The van der Waals surface area contributed by atoms with Crippen LogP contribution < -0.4 is 10.6 Å². The summed E-state index contributed by atoms with van der Waals surface area (Å²) in [7, 11) is 1.86. The number of hydrogen-bond donors (Lipinski definition) is 2. The summed E-state index contributed by atoms with van der Waals surface area (Å²) in [4.78, 5) is 12.1. The summed E-state index contributed by atoms with van der Waals surface area (Å²) in [5.41, 5.74) is 1.71. The number of amides is 1. The molecule has 1 fully saturated rings. The standard InChI is InChI=1S/C15H22N2O/c1-11-6-8-13(9-7-11)17-15(18)12-4-3-5-14(10-12)16-2/h3-5,10-11,13,16H,6-9H2,1-2H3,(H,17,18). The van der Waals surface area contributed by atoms with Gasteiger partial charge < -0.3 is 10.6 Å². The Kier molecular flexibility index (Phi) is 4.24. The Balaban J connectivity index is 1.94. The first-order chi connectivity index (χ1) is 8.69. The third-order valence-corrected chi connectivity index (χ3v) is 3.76. The van der Waals surface area contributed by atoms with Crippen molar-refractivity contribution in [3.8, 4) is 0 Å². The highest BCUT2D eigenvalue weighted by atomic mass is 16.1. The van der Waals surface area contributed by atoms with Crippen LogP contribution in [0.5, 0.6) is 0 Å². The van der Waals surface area contributed by atoms with Crippen molar-refractivity contribution in [1.29, 1.82) is 0 Å². The molecule has 2 rings (SSSR count). The number of benzene rings is 1. The molecule has 1 aliphatic rings. The first-order valence-electron chi connectivity index (χ1n) is 6.77. The minimum absolute atomic E-state index is 0.0478. The Morgan fingerprint density at radius 1 is 1.22 bits per heavy atom. The van der Waals surface area contributed by atoms with Crippen molar-refractivity contribution in [1.82, 2.24) is 5.32 Å². The molecule has 0 unspecified atom stereocenters. The fraction of sp³-hybridized carbons (Fsp3) is 0.533. The molecule has 1 aliphatic carbocycles. The maximum atomic E-state index is 12.1. The first-order valence-corrected chi connectivity index (χ1v) is 6.77. The predicted octanol–water partition coefficient (Wildman–Crippen LogP) is 3.04. The average Bonchev–Trinajstić information content (AvgIpc) is 2.41. The molecule has 1 aromatic carbocycles. The van der Waals surface area contributed by atoms with E-state index in [1.54, 1.807) is 0 Å². The Labute approximate surface area is 109 Å². The minimum Gasteiger partial charge on any atom is -0.388 e. The van der Waals surface area contributed by atoms with Gasteiger partial charge in [-0.25, -0.2) is 0 Å². The van der Waals surface area contributed by atoms with E-state index in [2.05, 4.69) is 17.6 Å². The fourth-order valence-electron chi connectivity index (χ4n) is 2.49. The molecule has 98 valence electrons. The van der Waals surface area contributed by atoms with Crippen LogP contribution in [0.2, 0.25) is 0 Å². The van der Waals surface area contributed by atoms with Gasteiger partial charge in [0.2, 0.25) is 0 Å². The Morgan fingerprint density at radius 3 is 2.61 bits per heavy atom. The largest absolute Gasteiger partial charge is 0.388 e. The first kappa shape index (κ1) is 12.9. The molecule has 2 N–H and O–H groups in total. The van der Waals surface area contributed by atoms with Crippen LogP contribution >= 0.6 is 0 Å². The molecule has 18 heavy (non-hydrogen) atoms. The topological polar surface area (TPSA) is 41.1 Å². The number of carbonyl (C=O) groups excluding carboxylic acids is 1. The highest BCUT2D eigenvalue weighted by Gasteiger charge is 2.20. The van der Waals surface area contributed by atoms with Gasteiger partial charge in [0.1, 0.15) is 0 Å². The lowest BCUT2D eigenvalue weighted by atomic mass is 9.87. The van der Waals surface area contributed by atoms with Gasteiger partial charge in [-0.3, -0.25) is 4.79 Å². The Bertz CT molecular complexity index is 409. The highest BCUT2D eigenvalue weighted by molar-refractivity contribution is 5.95. The van der Waals surface area contributed by atoms with Crippen molar-refractivity contribution in [2.45, 2.75) is 38.6 Å². The molecule has 1 amide bonds. The lowest BCUT2D eigenvalue weighted by Gasteiger charge is -2.26. The summed E-state index contributed by atoms with van der Waals surface area (Å²) in [6.07, 6.45) is 4.67. The van der Waals surface area contributed by atoms with Gasteiger partial charge in [0.15, 0.2) is 0 Å². The van der Waals surface area contributed by atoms with Crippen LogP contribution in [-0.4, -0.2) is 19.0 Å². The van der Waals surface area contributed by atoms with E-state index in [1.807, 2.05) is 31.3 Å². The molecule has 0 radical (unpaired) electrons. The van der Waals surface area contributed by atoms with E-state index in [4.69, 9.17) is 0 Å². The second kappa shape index (κ2) is 5.89. The van der Waals surface area contributed by atoms with Gasteiger partial charge in [-0.05, 0) is 49.8 Å². The Morgan fingerprint density at radius 2 is 1.94 bits per heavy atom. The summed E-state index contributed by atoms with van der Waals surface area (Å²) in [5.74, 6) is 0.859. The molecule has 3 heteroatoms. The third-order valence-electron chi connectivity index (χ3n) is 3.76. The number of hydrogen-bond acceptors (Lipinski definition) is 2. The molecule has 0 saturated heterocycles. The molecular formula is C15H22N2O. The summed E-state index contributed by atoms with van der Waals surface area (Å²) in [5, 5.41) is 6.19. The summed E-state index contributed by atoms with van der Waals surface area (Å²) < 4.78 is 0. The van der Waals surface area contributed by atoms with Crippen molar-refractivity contribution < 1.29 is 4.79 Å². The van der Waals surface area contributed by atoms with Crippen molar-refractivity contribution in [2.75, 3.05) is 12.4 Å². The van der Waals surface area contributed by atoms with Gasteiger partial charge in [0.25, 0.3) is 5.91 Å². The quantitative estimate of drug-likeness (QED) is 0.860. The van der Waals surface area contributed by atoms with Crippen LogP contribution in [0.15, 0.2) is 24.3 Å². The smallest absolute Gasteiger partial charge is 0.251 e. The molecule has 1 saturated carbocycles. The highest BCUT2D eigenvalue weighted by Crippen LogP contribution is 2.23. The molecule has 0 bridgehead atoms. The summed E-state index contributed by atoms with van der Waals surface area (Å²) in [6.45, 7) is 2.29. The van der Waals surface area contributed by atoms with Crippen LogP contribution in [0.1, 0.15) is 43.0 Å². The normalized spacial score (nSPS) is 23.4. The third kappa shape index (κ3) is 3.25. The van der Waals surface area contributed by atoms with Gasteiger partial charge in [0, 0.05) is 24.3 Å². The van der Waals surface area contributed by atoms with E-state index >= 15 is 0 Å². The number of anilines is 1. The lowest BCUT2D eigenvalue weighted by Crippen LogP contribution is -2.37. The van der Waals surface area contributed by atoms with Crippen molar-refractivity contribution in [3.63, 3.8) is 0 Å². The van der Waals surface area contributed by atoms with E-state index in [0.29, 0.717) is 6.04 Å². The van der Waals surface area contributed by atoms with Crippen molar-refractivity contribution in [3.05, 3.63) is 29.8 Å². The number of rotatable bonds is 3. The van der Waals surface area contributed by atoms with Gasteiger partial charge in [-0.15, -0.1) is 0 Å². The Hall–Kier alpha value is -1.51. The van der Waals surface area contributed by atoms with E-state index in [1.165, 1.54) is 12.8 Å². The van der Waals surface area contributed by atoms with Crippen molar-refractivity contribution in [2.24, 2.45) is 5.92 Å². The monoisotopic (exact) mass is 246 g/mol. The SMILES string of the molecule is CNc1cccc(C(=O)NC2CCC(C)CC2)c1. The zero-order valence-electron chi connectivity index (χ0n) is 11.2. The van der Waals surface area contributed by atoms with Gasteiger partial charge in [-0.2, -0.15) is 0 Å².